The quantitative estimate of drug-likeness (QED) is 0.0325. The Morgan fingerprint density at radius 3 is 1.33 bits per heavy atom. The molecular formula is C49H95NO5. The summed E-state index contributed by atoms with van der Waals surface area (Å²) in [5.41, 5.74) is 0. The number of carbonyl (C=O) groups is 2. The van der Waals surface area contributed by atoms with Crippen molar-refractivity contribution in [3.05, 3.63) is 12.2 Å². The van der Waals surface area contributed by atoms with Gasteiger partial charge < -0.3 is 20.3 Å². The third-order valence-electron chi connectivity index (χ3n) is 11.3. The molecule has 0 saturated heterocycles. The maximum atomic E-state index is 13.1. The van der Waals surface area contributed by atoms with E-state index in [1.807, 2.05) is 0 Å². The van der Waals surface area contributed by atoms with Crippen LogP contribution in [0.5, 0.6) is 0 Å². The first-order valence-corrected chi connectivity index (χ1v) is 24.4. The molecule has 3 N–H and O–H groups in total. The van der Waals surface area contributed by atoms with E-state index in [4.69, 9.17) is 4.74 Å². The van der Waals surface area contributed by atoms with Gasteiger partial charge in [0, 0.05) is 6.42 Å². The molecule has 0 bridgehead atoms. The van der Waals surface area contributed by atoms with E-state index in [-0.39, 0.29) is 24.9 Å². The Bertz CT molecular complexity index is 832. The van der Waals surface area contributed by atoms with Gasteiger partial charge in [0.2, 0.25) is 5.91 Å². The molecule has 0 fully saturated rings. The van der Waals surface area contributed by atoms with Crippen LogP contribution in [0.3, 0.4) is 0 Å². The smallest absolute Gasteiger partial charge is 0.306 e. The number of unbranched alkanes of at least 4 members (excludes halogenated alkanes) is 30. The van der Waals surface area contributed by atoms with E-state index in [1.165, 1.54) is 161 Å². The van der Waals surface area contributed by atoms with Crippen molar-refractivity contribution in [3.8, 4) is 0 Å². The van der Waals surface area contributed by atoms with Crippen molar-refractivity contribution in [2.75, 3.05) is 6.61 Å². The van der Waals surface area contributed by atoms with Crippen molar-refractivity contribution in [1.82, 2.24) is 5.32 Å². The molecule has 0 spiro atoms. The summed E-state index contributed by atoms with van der Waals surface area (Å²) in [5, 5.41) is 23.6. The number of nitrogens with one attached hydrogen (secondary N) is 1. The SMILES string of the molecule is CCCCCCCC/C=C\CCCC(CC(=O)NC(CO)C(O)CCCCCCCCCCCC)OC(=O)CCCCCCCCCCCCCCCCC. The van der Waals surface area contributed by atoms with Gasteiger partial charge in [-0.1, -0.05) is 219 Å². The lowest BCUT2D eigenvalue weighted by Crippen LogP contribution is -2.46. The lowest BCUT2D eigenvalue weighted by atomic mass is 10.0. The van der Waals surface area contributed by atoms with Crippen LogP contribution in [-0.4, -0.2) is 46.9 Å². The molecule has 6 nitrogen and oxygen atoms in total. The van der Waals surface area contributed by atoms with Crippen LogP contribution in [0.25, 0.3) is 0 Å². The molecule has 0 rings (SSSR count). The number of ether oxygens (including phenoxy) is 1. The second-order valence-corrected chi connectivity index (χ2v) is 16.9. The second kappa shape index (κ2) is 43.7. The highest BCUT2D eigenvalue weighted by atomic mass is 16.5. The Balaban J connectivity index is 4.54. The van der Waals surface area contributed by atoms with E-state index >= 15 is 0 Å². The summed E-state index contributed by atoms with van der Waals surface area (Å²) in [4.78, 5) is 26.0. The summed E-state index contributed by atoms with van der Waals surface area (Å²) >= 11 is 0. The minimum absolute atomic E-state index is 0.0630. The van der Waals surface area contributed by atoms with Crippen LogP contribution in [0.15, 0.2) is 12.2 Å². The summed E-state index contributed by atoms with van der Waals surface area (Å²) in [7, 11) is 0. The maximum absolute atomic E-state index is 13.1. The molecule has 0 aromatic carbocycles. The highest BCUT2D eigenvalue weighted by Crippen LogP contribution is 2.17. The number of carbonyl (C=O) groups excluding carboxylic acids is 2. The van der Waals surface area contributed by atoms with Gasteiger partial charge in [0.05, 0.1) is 25.2 Å². The van der Waals surface area contributed by atoms with Crippen molar-refractivity contribution in [1.29, 1.82) is 0 Å². The fraction of sp³-hybridized carbons (Fsp3) is 0.918. The Labute approximate surface area is 342 Å². The molecular weight excluding hydrogens is 683 g/mol. The van der Waals surface area contributed by atoms with Gasteiger partial charge >= 0.3 is 5.97 Å². The Morgan fingerprint density at radius 1 is 0.509 bits per heavy atom. The average Bonchev–Trinajstić information content (AvgIpc) is 3.18. The normalized spacial score (nSPS) is 13.3. The van der Waals surface area contributed by atoms with E-state index < -0.39 is 18.2 Å². The lowest BCUT2D eigenvalue weighted by Gasteiger charge is -2.24. The summed E-state index contributed by atoms with van der Waals surface area (Å²) in [6.07, 6.45) is 47.0. The van der Waals surface area contributed by atoms with E-state index in [1.54, 1.807) is 0 Å². The second-order valence-electron chi connectivity index (χ2n) is 16.9. The van der Waals surface area contributed by atoms with Gasteiger partial charge in [-0.15, -0.1) is 0 Å². The monoisotopic (exact) mass is 778 g/mol. The zero-order valence-corrected chi connectivity index (χ0v) is 37.1. The lowest BCUT2D eigenvalue weighted by molar-refractivity contribution is -0.151. The molecule has 3 unspecified atom stereocenters. The summed E-state index contributed by atoms with van der Waals surface area (Å²) in [5.74, 6) is -0.490. The fourth-order valence-corrected chi connectivity index (χ4v) is 7.61. The Morgan fingerprint density at radius 2 is 0.891 bits per heavy atom. The highest BCUT2D eigenvalue weighted by Gasteiger charge is 2.24. The Hall–Kier alpha value is -1.40. The summed E-state index contributed by atoms with van der Waals surface area (Å²) < 4.78 is 5.90. The van der Waals surface area contributed by atoms with Crippen molar-refractivity contribution >= 4 is 11.9 Å². The number of rotatable bonds is 44. The molecule has 0 aliphatic rings. The van der Waals surface area contributed by atoms with Gasteiger partial charge in [-0.05, 0) is 44.9 Å². The number of allylic oxidation sites excluding steroid dienone is 2. The van der Waals surface area contributed by atoms with Crippen molar-refractivity contribution in [3.63, 3.8) is 0 Å². The van der Waals surface area contributed by atoms with E-state index in [2.05, 4.69) is 38.2 Å². The molecule has 55 heavy (non-hydrogen) atoms. The number of amides is 1. The van der Waals surface area contributed by atoms with E-state index in [9.17, 15) is 19.8 Å². The van der Waals surface area contributed by atoms with Gasteiger partial charge in [-0.25, -0.2) is 0 Å². The number of hydrogen-bond donors (Lipinski definition) is 3. The van der Waals surface area contributed by atoms with E-state index in [0.29, 0.717) is 19.3 Å². The molecule has 0 aliphatic carbocycles. The van der Waals surface area contributed by atoms with Gasteiger partial charge in [0.15, 0.2) is 0 Å². The van der Waals surface area contributed by atoms with Crippen LogP contribution in [-0.2, 0) is 14.3 Å². The first kappa shape index (κ1) is 53.6. The number of hydrogen-bond acceptors (Lipinski definition) is 5. The van der Waals surface area contributed by atoms with Crippen molar-refractivity contribution < 1.29 is 24.5 Å². The summed E-state index contributed by atoms with van der Waals surface area (Å²) in [6.45, 7) is 6.46. The molecule has 6 heteroatoms. The maximum Gasteiger partial charge on any atom is 0.306 e. The molecule has 0 aliphatic heterocycles. The highest BCUT2D eigenvalue weighted by molar-refractivity contribution is 5.77. The minimum Gasteiger partial charge on any atom is -0.462 e. The molecule has 0 aromatic heterocycles. The van der Waals surface area contributed by atoms with Gasteiger partial charge in [0.1, 0.15) is 6.10 Å². The first-order chi connectivity index (χ1) is 27.0. The predicted molar refractivity (Wildman–Crippen MR) is 237 cm³/mol. The van der Waals surface area contributed by atoms with E-state index in [0.717, 1.165) is 57.8 Å². The molecule has 0 aromatic rings. The minimum atomic E-state index is -0.786. The topological polar surface area (TPSA) is 95.9 Å². The molecule has 326 valence electrons. The Kier molecular flexibility index (Phi) is 42.6. The third kappa shape index (κ3) is 39.2. The van der Waals surface area contributed by atoms with Crippen LogP contribution in [0.2, 0.25) is 0 Å². The largest absolute Gasteiger partial charge is 0.462 e. The number of aliphatic hydroxyl groups is 2. The number of aliphatic hydroxyl groups excluding tert-OH is 2. The number of esters is 1. The molecule has 0 saturated carbocycles. The van der Waals surface area contributed by atoms with Crippen LogP contribution in [0.4, 0.5) is 0 Å². The van der Waals surface area contributed by atoms with Gasteiger partial charge in [-0.3, -0.25) is 9.59 Å². The fourth-order valence-electron chi connectivity index (χ4n) is 7.61. The molecule has 0 heterocycles. The van der Waals surface area contributed by atoms with Gasteiger partial charge in [-0.2, -0.15) is 0 Å². The molecule has 3 atom stereocenters. The molecule has 1 amide bonds. The van der Waals surface area contributed by atoms with Gasteiger partial charge in [0.25, 0.3) is 0 Å². The zero-order chi connectivity index (χ0) is 40.3. The standard InChI is InChI=1S/C49H95NO5/c1-4-7-10-13-16-19-22-23-24-25-27-30-33-36-39-42-49(54)55-45(40-37-34-31-28-26-20-17-14-11-8-5-2)43-48(53)50-46(44-51)47(52)41-38-35-32-29-21-18-15-12-9-6-3/h28,31,45-47,51-52H,4-27,29-30,32-44H2,1-3H3,(H,50,53)/b31-28-. The first-order valence-electron chi connectivity index (χ1n) is 24.4. The predicted octanol–water partition coefficient (Wildman–Crippen LogP) is 14.2. The van der Waals surface area contributed by atoms with Crippen molar-refractivity contribution in [2.24, 2.45) is 0 Å². The van der Waals surface area contributed by atoms with Crippen LogP contribution >= 0.6 is 0 Å². The average molecular weight is 778 g/mol. The van der Waals surface area contributed by atoms with Crippen LogP contribution < -0.4 is 5.32 Å². The summed E-state index contributed by atoms with van der Waals surface area (Å²) in [6, 6.07) is -0.701. The third-order valence-corrected chi connectivity index (χ3v) is 11.3. The van der Waals surface area contributed by atoms with Crippen LogP contribution in [0.1, 0.15) is 265 Å². The van der Waals surface area contributed by atoms with Crippen LogP contribution in [0, 0.1) is 0 Å². The van der Waals surface area contributed by atoms with Crippen molar-refractivity contribution in [2.45, 2.75) is 283 Å². The molecule has 0 radical (unpaired) electrons. The zero-order valence-electron chi connectivity index (χ0n) is 37.1.